The Morgan fingerprint density at radius 3 is 2.71 bits per heavy atom. The highest BCUT2D eigenvalue weighted by molar-refractivity contribution is 5.92. The van der Waals surface area contributed by atoms with E-state index in [1.54, 1.807) is 24.6 Å². The van der Waals surface area contributed by atoms with Crippen LogP contribution in [0.5, 0.6) is 5.88 Å². The molecule has 2 atom stereocenters. The Balaban J connectivity index is 1.40. The van der Waals surface area contributed by atoms with Crippen molar-refractivity contribution < 1.29 is 13.9 Å². The van der Waals surface area contributed by atoms with Crippen molar-refractivity contribution in [1.29, 1.82) is 0 Å². The maximum absolute atomic E-state index is 12.6. The van der Waals surface area contributed by atoms with Gasteiger partial charge in [0.05, 0.1) is 6.26 Å². The van der Waals surface area contributed by atoms with Crippen LogP contribution in [-0.4, -0.2) is 34.0 Å². The Morgan fingerprint density at radius 1 is 1.21 bits per heavy atom. The van der Waals surface area contributed by atoms with Crippen LogP contribution in [0.25, 0.3) is 6.08 Å². The predicted molar refractivity (Wildman–Crippen MR) is 89.3 cm³/mol. The van der Waals surface area contributed by atoms with E-state index >= 15 is 0 Å². The normalized spacial score (nSPS) is 26.0. The third-order valence-corrected chi connectivity index (χ3v) is 4.80. The van der Waals surface area contributed by atoms with Crippen LogP contribution in [-0.2, 0) is 4.79 Å². The van der Waals surface area contributed by atoms with Gasteiger partial charge in [-0.2, -0.15) is 0 Å². The molecular weight excluding hydrogens is 304 g/mol. The number of furan rings is 1. The topological polar surface area (TPSA) is 55.6 Å². The minimum atomic E-state index is 0.0650. The molecule has 2 aromatic heterocycles. The van der Waals surface area contributed by atoms with Gasteiger partial charge in [0.1, 0.15) is 11.9 Å². The molecule has 5 heteroatoms. The Labute approximate surface area is 140 Å². The first-order valence-electron chi connectivity index (χ1n) is 8.41. The molecule has 124 valence electrons. The second-order valence-corrected chi connectivity index (χ2v) is 6.36. The smallest absolute Gasteiger partial charge is 0.247 e. The summed E-state index contributed by atoms with van der Waals surface area (Å²) in [4.78, 5) is 18.8. The zero-order chi connectivity index (χ0) is 16.4. The van der Waals surface area contributed by atoms with Crippen LogP contribution < -0.4 is 4.74 Å². The van der Waals surface area contributed by atoms with Crippen LogP contribution in [0.2, 0.25) is 0 Å². The molecule has 2 bridgehead atoms. The van der Waals surface area contributed by atoms with E-state index < -0.39 is 0 Å². The van der Waals surface area contributed by atoms with Gasteiger partial charge in [0.25, 0.3) is 0 Å². The average molecular weight is 324 g/mol. The summed E-state index contributed by atoms with van der Waals surface area (Å²) >= 11 is 0. The lowest BCUT2D eigenvalue weighted by Gasteiger charge is -2.38. The number of hydrogen-bond acceptors (Lipinski definition) is 4. The van der Waals surface area contributed by atoms with E-state index in [0.29, 0.717) is 11.6 Å². The lowest BCUT2D eigenvalue weighted by atomic mass is 9.99. The molecule has 1 amide bonds. The van der Waals surface area contributed by atoms with Gasteiger partial charge >= 0.3 is 0 Å². The maximum Gasteiger partial charge on any atom is 0.247 e. The van der Waals surface area contributed by atoms with Crippen LogP contribution in [0.15, 0.2) is 53.3 Å². The summed E-state index contributed by atoms with van der Waals surface area (Å²) in [5.74, 6) is 1.43. The Bertz CT molecular complexity index is 697. The number of hydrogen-bond donors (Lipinski definition) is 0. The zero-order valence-corrected chi connectivity index (χ0v) is 13.4. The van der Waals surface area contributed by atoms with Crippen molar-refractivity contribution in [1.82, 2.24) is 9.88 Å². The second-order valence-electron chi connectivity index (χ2n) is 6.36. The number of aromatic nitrogens is 1. The predicted octanol–water partition coefficient (Wildman–Crippen LogP) is 3.29. The van der Waals surface area contributed by atoms with Gasteiger partial charge in [0.15, 0.2) is 0 Å². The van der Waals surface area contributed by atoms with Crippen molar-refractivity contribution in [3.05, 3.63) is 54.6 Å². The summed E-state index contributed by atoms with van der Waals surface area (Å²) < 4.78 is 11.2. The largest absolute Gasteiger partial charge is 0.474 e. The minimum Gasteiger partial charge on any atom is -0.474 e. The lowest BCUT2D eigenvalue weighted by Crippen LogP contribution is -2.48. The van der Waals surface area contributed by atoms with Crippen LogP contribution in [0.3, 0.4) is 0 Å². The molecule has 2 unspecified atom stereocenters. The summed E-state index contributed by atoms with van der Waals surface area (Å²) in [6.07, 6.45) is 10.7. The molecule has 0 aromatic carbocycles. The first-order valence-corrected chi connectivity index (χ1v) is 8.41. The van der Waals surface area contributed by atoms with Gasteiger partial charge in [0, 0.05) is 43.3 Å². The van der Waals surface area contributed by atoms with Gasteiger partial charge in [-0.3, -0.25) is 4.79 Å². The Kier molecular flexibility index (Phi) is 4.07. The molecule has 2 fully saturated rings. The first-order chi connectivity index (χ1) is 11.8. The summed E-state index contributed by atoms with van der Waals surface area (Å²) in [6, 6.07) is 9.85. The number of carbonyl (C=O) groups excluding carboxylic acids is 1. The molecule has 0 saturated carbocycles. The molecule has 4 heterocycles. The van der Waals surface area contributed by atoms with Gasteiger partial charge in [-0.25, -0.2) is 4.98 Å². The van der Waals surface area contributed by atoms with Gasteiger partial charge < -0.3 is 14.1 Å². The third kappa shape index (κ3) is 3.07. The molecule has 2 aromatic rings. The van der Waals surface area contributed by atoms with Crippen molar-refractivity contribution in [2.45, 2.75) is 43.9 Å². The van der Waals surface area contributed by atoms with E-state index in [1.807, 2.05) is 35.2 Å². The van der Waals surface area contributed by atoms with E-state index in [4.69, 9.17) is 9.15 Å². The van der Waals surface area contributed by atoms with Gasteiger partial charge in [-0.1, -0.05) is 6.07 Å². The number of rotatable bonds is 4. The van der Waals surface area contributed by atoms with Crippen LogP contribution in [0, 0.1) is 0 Å². The zero-order valence-electron chi connectivity index (χ0n) is 13.4. The van der Waals surface area contributed by atoms with Crippen molar-refractivity contribution in [2.75, 3.05) is 0 Å². The highest BCUT2D eigenvalue weighted by Crippen LogP contribution is 2.37. The van der Waals surface area contributed by atoms with Crippen LogP contribution in [0.4, 0.5) is 0 Å². The number of pyridine rings is 1. The van der Waals surface area contributed by atoms with E-state index in [-0.39, 0.29) is 24.1 Å². The van der Waals surface area contributed by atoms with Gasteiger partial charge in [-0.15, -0.1) is 0 Å². The van der Waals surface area contributed by atoms with Crippen LogP contribution >= 0.6 is 0 Å². The molecule has 5 nitrogen and oxygen atoms in total. The molecule has 2 saturated heterocycles. The fourth-order valence-electron chi connectivity index (χ4n) is 3.80. The molecule has 4 rings (SSSR count). The quantitative estimate of drug-likeness (QED) is 0.810. The standard InChI is InChI=1S/C19H20N2O3/c22-19(9-8-16-4-3-11-23-16)21-14-6-7-15(21)13-17(12-14)24-18-5-1-2-10-20-18/h1-5,8-11,14-15,17H,6-7,12-13H2/b9-8+. The molecule has 0 radical (unpaired) electrons. The SMILES string of the molecule is O=C(/C=C/c1ccco1)N1C2CCC1CC(Oc1ccccn1)C2. The number of amides is 1. The first kappa shape index (κ1) is 15.0. The highest BCUT2D eigenvalue weighted by Gasteiger charge is 2.43. The van der Waals surface area contributed by atoms with Crippen molar-refractivity contribution in [3.8, 4) is 5.88 Å². The minimum absolute atomic E-state index is 0.0650. The lowest BCUT2D eigenvalue weighted by molar-refractivity contribution is -0.131. The molecular formula is C19H20N2O3. The molecule has 2 aliphatic heterocycles. The number of carbonyl (C=O) groups is 1. The van der Waals surface area contributed by atoms with E-state index in [2.05, 4.69) is 4.98 Å². The Morgan fingerprint density at radius 2 is 2.04 bits per heavy atom. The number of ether oxygens (including phenoxy) is 1. The van der Waals surface area contributed by atoms with Gasteiger partial charge in [-0.05, 0) is 37.1 Å². The number of fused-ring (bicyclic) bond motifs is 2. The molecule has 0 spiro atoms. The van der Waals surface area contributed by atoms with Crippen molar-refractivity contribution in [3.63, 3.8) is 0 Å². The fraction of sp³-hybridized carbons (Fsp3) is 0.368. The second kappa shape index (κ2) is 6.51. The summed E-state index contributed by atoms with van der Waals surface area (Å²) in [7, 11) is 0. The van der Waals surface area contributed by atoms with Gasteiger partial charge in [0.2, 0.25) is 11.8 Å². The highest BCUT2D eigenvalue weighted by atomic mass is 16.5. The van der Waals surface area contributed by atoms with E-state index in [9.17, 15) is 4.79 Å². The summed E-state index contributed by atoms with van der Waals surface area (Å²) in [5, 5.41) is 0. The molecule has 0 aliphatic carbocycles. The monoisotopic (exact) mass is 324 g/mol. The van der Waals surface area contributed by atoms with Crippen molar-refractivity contribution in [2.24, 2.45) is 0 Å². The van der Waals surface area contributed by atoms with E-state index in [0.717, 1.165) is 25.7 Å². The summed E-state index contributed by atoms with van der Waals surface area (Å²) in [6.45, 7) is 0. The van der Waals surface area contributed by atoms with Crippen molar-refractivity contribution >= 4 is 12.0 Å². The molecule has 2 aliphatic rings. The molecule has 0 N–H and O–H groups in total. The summed E-state index contributed by atoms with van der Waals surface area (Å²) in [5.41, 5.74) is 0. The molecule has 24 heavy (non-hydrogen) atoms. The number of nitrogens with zero attached hydrogens (tertiary/aromatic N) is 2. The maximum atomic E-state index is 12.6. The Hall–Kier alpha value is -2.56. The number of piperidine rings is 1. The average Bonchev–Trinajstić information content (AvgIpc) is 3.20. The van der Waals surface area contributed by atoms with E-state index in [1.165, 1.54) is 0 Å². The van der Waals surface area contributed by atoms with Crippen LogP contribution in [0.1, 0.15) is 31.4 Å². The third-order valence-electron chi connectivity index (χ3n) is 4.80. The fourth-order valence-corrected chi connectivity index (χ4v) is 3.80.